The first kappa shape index (κ1) is 11.5. The minimum Gasteiger partial charge on any atom is -0.416 e. The van der Waals surface area contributed by atoms with E-state index in [0.29, 0.717) is 0 Å². The predicted molar refractivity (Wildman–Crippen MR) is 49.8 cm³/mol. The van der Waals surface area contributed by atoms with Gasteiger partial charge in [-0.3, -0.25) is 0 Å². The molecule has 0 aromatic heterocycles. The summed E-state index contributed by atoms with van der Waals surface area (Å²) in [6.07, 6.45) is 0. The van der Waals surface area contributed by atoms with Gasteiger partial charge in [0.15, 0.2) is 0 Å². The van der Waals surface area contributed by atoms with Crippen molar-refractivity contribution in [3.05, 3.63) is 0 Å². The summed E-state index contributed by atoms with van der Waals surface area (Å²) >= 11 is 0. The topological polar surface area (TPSA) is 27.7 Å². The van der Waals surface area contributed by atoms with Crippen LogP contribution in [0.3, 0.4) is 0 Å². The van der Waals surface area contributed by atoms with Gasteiger partial charge in [-0.05, 0) is 32.7 Å². The van der Waals surface area contributed by atoms with Crippen molar-refractivity contribution < 1.29 is 12.3 Å². The summed E-state index contributed by atoms with van der Waals surface area (Å²) < 4.78 is 17.1. The molecule has 0 N–H and O–H groups in total. The molecule has 1 aliphatic rings. The van der Waals surface area contributed by atoms with Crippen LogP contribution in [-0.2, 0) is 12.3 Å². The van der Waals surface area contributed by atoms with E-state index >= 15 is 0 Å². The van der Waals surface area contributed by atoms with Crippen molar-refractivity contribution in [3.63, 3.8) is 0 Å². The van der Waals surface area contributed by atoms with Crippen molar-refractivity contribution in [1.29, 1.82) is 0 Å². The van der Waals surface area contributed by atoms with Gasteiger partial charge in [-0.15, -0.1) is 0 Å². The Morgan fingerprint density at radius 1 is 0.917 bits per heavy atom. The van der Waals surface area contributed by atoms with Crippen LogP contribution >= 0.6 is 0 Å². The SMILES string of the molecule is C[Si]1O[Si](C)(C)O[Si](C)(C)O1.[Rf]. The Bertz CT molecular complexity index is 148. The summed E-state index contributed by atoms with van der Waals surface area (Å²) in [5.74, 6) is 0. The molecule has 3 nitrogen and oxygen atoms in total. The van der Waals surface area contributed by atoms with Gasteiger partial charge in [-0.25, -0.2) is 0 Å². The monoisotopic (exact) mass is 474 g/mol. The van der Waals surface area contributed by atoms with E-state index in [4.69, 9.17) is 12.3 Å². The molecule has 1 rings (SSSR count). The van der Waals surface area contributed by atoms with Gasteiger partial charge in [-0.1, -0.05) is 0 Å². The molecule has 0 aromatic carbocycles. The van der Waals surface area contributed by atoms with Gasteiger partial charge >= 0.3 is 26.4 Å². The molecule has 1 saturated heterocycles. The molecule has 0 bridgehead atoms. The molecule has 0 unspecified atom stereocenters. The summed E-state index contributed by atoms with van der Waals surface area (Å²) in [6, 6.07) is 0. The summed E-state index contributed by atoms with van der Waals surface area (Å²) in [5.41, 5.74) is 0. The third kappa shape index (κ3) is 2.88. The fourth-order valence-electron chi connectivity index (χ4n) is 1.35. The molecular formula is C5H15O3RfSi3. The molecule has 1 fully saturated rings. The van der Waals surface area contributed by atoms with Crippen LogP contribution < -0.4 is 0 Å². The maximum atomic E-state index is 5.79. The largest absolute Gasteiger partial charge is 0.416 e. The molecule has 1 radical (unpaired) electrons. The average Bonchev–Trinajstić information content (AvgIpc) is 1.49. The third-order valence-electron chi connectivity index (χ3n) is 1.27. The Morgan fingerprint density at radius 3 is 1.50 bits per heavy atom. The molecule has 0 atom stereocenters. The second kappa shape index (κ2) is 3.11. The standard InChI is InChI=1S/C5H15O3Si3.Rf/c1-9-6-10(2,3)8-11(4,5)7-9;/h1-5H3;. The molecule has 1 aliphatic heterocycles. The van der Waals surface area contributed by atoms with Crippen LogP contribution in [0.5, 0.6) is 0 Å². The van der Waals surface area contributed by atoms with E-state index < -0.39 is 26.4 Å². The number of rotatable bonds is 0. The fourth-order valence-corrected chi connectivity index (χ4v) is 13.2. The Hall–Kier alpha value is -0.469. The maximum Gasteiger partial charge on any atom is 0.362 e. The van der Waals surface area contributed by atoms with Crippen LogP contribution in [0.1, 0.15) is 0 Å². The van der Waals surface area contributed by atoms with Crippen LogP contribution in [0.2, 0.25) is 32.7 Å². The van der Waals surface area contributed by atoms with Crippen LogP contribution in [0.15, 0.2) is 0 Å². The second-order valence-electron chi connectivity index (χ2n) is 3.60. The van der Waals surface area contributed by atoms with Crippen molar-refractivity contribution in [3.8, 4) is 0 Å². The molecule has 0 saturated carbocycles. The number of hydrogen-bond donors (Lipinski definition) is 0. The molecule has 7 heteroatoms. The van der Waals surface area contributed by atoms with E-state index in [1.165, 1.54) is 0 Å². The van der Waals surface area contributed by atoms with Crippen molar-refractivity contribution in [1.82, 2.24) is 0 Å². The van der Waals surface area contributed by atoms with Gasteiger partial charge in [0, 0.05) is 0 Å². The van der Waals surface area contributed by atoms with Gasteiger partial charge in [0.2, 0.25) is 0 Å². The van der Waals surface area contributed by atoms with Crippen LogP contribution in [0, 0.1) is 0 Å². The fraction of sp³-hybridized carbons (Fsp3) is 1.00. The van der Waals surface area contributed by atoms with E-state index in [9.17, 15) is 0 Å². The van der Waals surface area contributed by atoms with Gasteiger partial charge in [0.1, 0.15) is 0 Å². The zero-order valence-electron chi connectivity index (χ0n) is 8.43. The molecule has 0 aromatic rings. The smallest absolute Gasteiger partial charge is 0.362 e. The van der Waals surface area contributed by atoms with Crippen LogP contribution in [-0.4, -0.2) is 26.4 Å². The Morgan fingerprint density at radius 2 is 1.25 bits per heavy atom. The van der Waals surface area contributed by atoms with Gasteiger partial charge in [0.05, 0.1) is 0 Å². The van der Waals surface area contributed by atoms with E-state index in [-0.39, 0.29) is 0 Å². The summed E-state index contributed by atoms with van der Waals surface area (Å²) in [4.78, 5) is 0. The first-order chi connectivity index (χ1) is 4.81. The summed E-state index contributed by atoms with van der Waals surface area (Å²) in [6.45, 7) is 10.4. The Labute approximate surface area is 72.0 Å². The minimum atomic E-state index is -1.81. The zero-order chi connectivity index (χ0) is 8.70. The molecule has 1 heterocycles. The van der Waals surface area contributed by atoms with E-state index in [2.05, 4.69) is 26.2 Å². The normalized spacial score (nSPS) is 27.8. The first-order valence-corrected chi connectivity index (χ1v) is 11.2. The molecule has 12 heavy (non-hydrogen) atoms. The van der Waals surface area contributed by atoms with Crippen molar-refractivity contribution in [2.45, 2.75) is 32.7 Å². The van der Waals surface area contributed by atoms with Gasteiger partial charge < -0.3 is 12.3 Å². The van der Waals surface area contributed by atoms with E-state index in [0.717, 1.165) is 0 Å². The second-order valence-corrected chi connectivity index (χ2v) is 12.6. The number of hydrogen-bond acceptors (Lipinski definition) is 3. The third-order valence-corrected chi connectivity index (χ3v) is 11.4. The molecule has 67 valence electrons. The van der Waals surface area contributed by atoms with E-state index in [1.807, 2.05) is 6.55 Å². The zero-order valence-corrected chi connectivity index (χ0v) is 17.8. The predicted octanol–water partition coefficient (Wildman–Crippen LogP) is 1.57. The summed E-state index contributed by atoms with van der Waals surface area (Å²) in [7, 11) is -4.62. The van der Waals surface area contributed by atoms with Crippen LogP contribution in [0.25, 0.3) is 0 Å². The molecule has 0 spiro atoms. The molecular weight excluding hydrogens is 459 g/mol. The van der Waals surface area contributed by atoms with Crippen molar-refractivity contribution in [2.75, 3.05) is 0 Å². The Kier molecular flexibility index (Phi) is 2.99. The summed E-state index contributed by atoms with van der Waals surface area (Å²) in [5, 5.41) is 0. The quantitative estimate of drug-likeness (QED) is 0.499. The van der Waals surface area contributed by atoms with Gasteiger partial charge in [0.25, 0.3) is 0 Å². The van der Waals surface area contributed by atoms with Crippen LogP contribution in [0.4, 0.5) is 0 Å². The first-order valence-electron chi connectivity index (χ1n) is 3.72. The van der Waals surface area contributed by atoms with E-state index in [1.54, 1.807) is 0 Å². The van der Waals surface area contributed by atoms with Gasteiger partial charge in [-0.2, -0.15) is 0 Å². The molecule has 0 aliphatic carbocycles. The Balaban J connectivity index is 0.00000121. The minimum absolute atomic E-state index is 0. The maximum absolute atomic E-state index is 5.79. The average molecular weight is 474 g/mol. The van der Waals surface area contributed by atoms with Crippen molar-refractivity contribution >= 4 is 26.4 Å². The van der Waals surface area contributed by atoms with Crippen molar-refractivity contribution in [2.24, 2.45) is 0 Å². The molecule has 0 amide bonds.